The third-order valence-corrected chi connectivity index (χ3v) is 3.60. The molecule has 0 saturated carbocycles. The van der Waals surface area contributed by atoms with Gasteiger partial charge in [-0.1, -0.05) is 38.1 Å². The van der Waals surface area contributed by atoms with E-state index < -0.39 is 5.97 Å². The lowest BCUT2D eigenvalue weighted by atomic mass is 10.0. The number of benzene rings is 1. The molecule has 0 fully saturated rings. The van der Waals surface area contributed by atoms with Crippen LogP contribution < -0.4 is 0 Å². The first-order valence-corrected chi connectivity index (χ1v) is 7.18. The van der Waals surface area contributed by atoms with Crippen LogP contribution in [0.2, 0.25) is 0 Å². The smallest absolute Gasteiger partial charge is 0.310 e. The molecule has 1 aromatic carbocycles. The average molecular weight is 275 g/mol. The van der Waals surface area contributed by atoms with E-state index in [1.165, 1.54) is 16.9 Å². The fraction of sp³-hybridized carbons (Fsp3) is 0.333. The van der Waals surface area contributed by atoms with Gasteiger partial charge in [-0.2, -0.15) is 0 Å². The Morgan fingerprint density at radius 1 is 1.32 bits per heavy atom. The fourth-order valence-electron chi connectivity index (χ4n) is 1.94. The first-order chi connectivity index (χ1) is 9.04. The Labute approximate surface area is 116 Å². The molecule has 0 aliphatic heterocycles. The van der Waals surface area contributed by atoms with Crippen LogP contribution in [0.5, 0.6) is 0 Å². The molecular formula is C15H17NO2S. The summed E-state index contributed by atoms with van der Waals surface area (Å²) in [6.07, 6.45) is 1.07. The molecule has 0 radical (unpaired) electrons. The molecule has 19 heavy (non-hydrogen) atoms. The molecule has 4 heteroatoms. The van der Waals surface area contributed by atoms with Crippen molar-refractivity contribution in [2.75, 3.05) is 0 Å². The van der Waals surface area contributed by atoms with Gasteiger partial charge in [-0.05, 0) is 17.9 Å². The quantitative estimate of drug-likeness (QED) is 0.906. The van der Waals surface area contributed by atoms with Crippen LogP contribution in [0.3, 0.4) is 0 Å². The number of aliphatic carboxylic acids is 1. The Morgan fingerprint density at radius 2 is 2.00 bits per heavy atom. The molecule has 2 rings (SSSR count). The number of nitrogens with zero attached hydrogens (tertiary/aromatic N) is 1. The number of carboxylic acid groups (broad SMARTS) is 1. The van der Waals surface area contributed by atoms with Gasteiger partial charge in [-0.3, -0.25) is 4.79 Å². The zero-order valence-electron chi connectivity index (χ0n) is 11.1. The molecule has 0 unspecified atom stereocenters. The minimum Gasteiger partial charge on any atom is -0.481 e. The molecule has 0 amide bonds. The summed E-state index contributed by atoms with van der Waals surface area (Å²) in [5, 5.41) is 11.3. The minimum atomic E-state index is -0.840. The maximum Gasteiger partial charge on any atom is 0.310 e. The highest BCUT2D eigenvalue weighted by Crippen LogP contribution is 2.23. The van der Waals surface area contributed by atoms with Gasteiger partial charge in [0.05, 0.1) is 12.1 Å². The largest absolute Gasteiger partial charge is 0.481 e. The predicted octanol–water partition coefficient (Wildman–Crippen LogP) is 3.64. The van der Waals surface area contributed by atoms with Crippen LogP contribution in [0.25, 0.3) is 11.3 Å². The monoisotopic (exact) mass is 275 g/mol. The highest BCUT2D eigenvalue weighted by Gasteiger charge is 2.08. The number of carboxylic acids is 1. The van der Waals surface area contributed by atoms with Crippen molar-refractivity contribution >= 4 is 17.3 Å². The molecule has 100 valence electrons. The molecule has 0 aliphatic rings. The molecule has 1 N–H and O–H groups in total. The number of thiazole rings is 1. The van der Waals surface area contributed by atoms with Crippen LogP contribution in [0, 0.1) is 5.92 Å². The van der Waals surface area contributed by atoms with E-state index in [0.717, 1.165) is 17.7 Å². The van der Waals surface area contributed by atoms with Crippen molar-refractivity contribution < 1.29 is 9.90 Å². The molecule has 0 spiro atoms. The van der Waals surface area contributed by atoms with Gasteiger partial charge in [0.1, 0.15) is 5.01 Å². The van der Waals surface area contributed by atoms with Crippen molar-refractivity contribution in [2.24, 2.45) is 5.92 Å². The van der Waals surface area contributed by atoms with E-state index in [9.17, 15) is 4.79 Å². The second kappa shape index (κ2) is 5.97. The van der Waals surface area contributed by atoms with Gasteiger partial charge in [-0.15, -0.1) is 11.3 Å². The molecular weight excluding hydrogens is 258 g/mol. The van der Waals surface area contributed by atoms with Crippen LogP contribution >= 0.6 is 11.3 Å². The number of aromatic nitrogens is 1. The van der Waals surface area contributed by atoms with E-state index in [2.05, 4.69) is 43.1 Å². The highest BCUT2D eigenvalue weighted by molar-refractivity contribution is 7.10. The second-order valence-electron chi connectivity index (χ2n) is 4.99. The van der Waals surface area contributed by atoms with Crippen molar-refractivity contribution in [3.05, 3.63) is 40.2 Å². The van der Waals surface area contributed by atoms with Gasteiger partial charge in [0.2, 0.25) is 0 Å². The van der Waals surface area contributed by atoms with E-state index >= 15 is 0 Å². The van der Waals surface area contributed by atoms with Gasteiger partial charge >= 0.3 is 5.97 Å². The normalized spacial score (nSPS) is 10.9. The Balaban J connectivity index is 2.13. The minimum absolute atomic E-state index is 0.00387. The van der Waals surface area contributed by atoms with Crippen LogP contribution in [-0.4, -0.2) is 16.1 Å². The van der Waals surface area contributed by atoms with Crippen LogP contribution in [0.15, 0.2) is 29.6 Å². The predicted molar refractivity (Wildman–Crippen MR) is 77.4 cm³/mol. The van der Waals surface area contributed by atoms with Crippen LogP contribution in [0.4, 0.5) is 0 Å². The summed E-state index contributed by atoms with van der Waals surface area (Å²) in [7, 11) is 0. The topological polar surface area (TPSA) is 50.2 Å². The van der Waals surface area contributed by atoms with E-state index in [-0.39, 0.29) is 6.42 Å². The van der Waals surface area contributed by atoms with Crippen LogP contribution in [0.1, 0.15) is 24.4 Å². The maximum absolute atomic E-state index is 10.6. The summed E-state index contributed by atoms with van der Waals surface area (Å²) in [6.45, 7) is 4.40. The molecule has 1 aromatic heterocycles. The summed E-state index contributed by atoms with van der Waals surface area (Å²) in [4.78, 5) is 15.0. The number of hydrogen-bond acceptors (Lipinski definition) is 3. The van der Waals surface area contributed by atoms with Gasteiger partial charge in [0, 0.05) is 10.9 Å². The molecule has 0 atom stereocenters. The summed E-state index contributed by atoms with van der Waals surface area (Å²) in [6, 6.07) is 8.34. The van der Waals surface area contributed by atoms with Gasteiger partial charge in [-0.25, -0.2) is 4.98 Å². The first kappa shape index (κ1) is 13.7. The summed E-state index contributed by atoms with van der Waals surface area (Å²) in [5.74, 6) is -0.194. The number of hydrogen-bond donors (Lipinski definition) is 1. The molecule has 1 heterocycles. The SMILES string of the molecule is CC(C)Cc1ccc(-c2csc(CC(=O)O)n2)cc1. The Morgan fingerprint density at radius 3 is 2.58 bits per heavy atom. The third-order valence-electron chi connectivity index (χ3n) is 2.75. The Kier molecular flexibility index (Phi) is 4.32. The number of carbonyl (C=O) groups is 1. The summed E-state index contributed by atoms with van der Waals surface area (Å²) >= 11 is 1.40. The fourth-order valence-corrected chi connectivity index (χ4v) is 2.73. The lowest BCUT2D eigenvalue weighted by Crippen LogP contribution is -1.99. The zero-order chi connectivity index (χ0) is 13.8. The zero-order valence-corrected chi connectivity index (χ0v) is 11.9. The van der Waals surface area contributed by atoms with Crippen molar-refractivity contribution in [1.29, 1.82) is 0 Å². The lowest BCUT2D eigenvalue weighted by Gasteiger charge is -2.05. The van der Waals surface area contributed by atoms with Crippen molar-refractivity contribution in [1.82, 2.24) is 4.98 Å². The molecule has 0 saturated heterocycles. The van der Waals surface area contributed by atoms with Crippen molar-refractivity contribution in [3.8, 4) is 11.3 Å². The standard InChI is InChI=1S/C15H17NO2S/c1-10(2)7-11-3-5-12(6-4-11)13-9-19-14(16-13)8-15(17)18/h3-6,9-10H,7-8H2,1-2H3,(H,17,18). The highest BCUT2D eigenvalue weighted by atomic mass is 32.1. The number of rotatable bonds is 5. The van der Waals surface area contributed by atoms with E-state index in [4.69, 9.17) is 5.11 Å². The summed E-state index contributed by atoms with van der Waals surface area (Å²) in [5.41, 5.74) is 3.22. The lowest BCUT2D eigenvalue weighted by molar-refractivity contribution is -0.136. The maximum atomic E-state index is 10.6. The van der Waals surface area contributed by atoms with Gasteiger partial charge in [0.25, 0.3) is 0 Å². The van der Waals surface area contributed by atoms with Gasteiger partial charge in [0.15, 0.2) is 0 Å². The Hall–Kier alpha value is -1.68. The van der Waals surface area contributed by atoms with Crippen molar-refractivity contribution in [2.45, 2.75) is 26.7 Å². The molecule has 0 bridgehead atoms. The van der Waals surface area contributed by atoms with E-state index in [0.29, 0.717) is 10.9 Å². The molecule has 2 aromatic rings. The average Bonchev–Trinajstić information content (AvgIpc) is 2.76. The molecule has 3 nitrogen and oxygen atoms in total. The van der Waals surface area contributed by atoms with E-state index in [1.54, 1.807) is 0 Å². The van der Waals surface area contributed by atoms with Crippen LogP contribution in [-0.2, 0) is 17.6 Å². The van der Waals surface area contributed by atoms with Gasteiger partial charge < -0.3 is 5.11 Å². The Bertz CT molecular complexity index is 558. The summed E-state index contributed by atoms with van der Waals surface area (Å²) < 4.78 is 0. The first-order valence-electron chi connectivity index (χ1n) is 6.30. The van der Waals surface area contributed by atoms with E-state index in [1.807, 2.05) is 5.38 Å². The van der Waals surface area contributed by atoms with Crippen molar-refractivity contribution in [3.63, 3.8) is 0 Å². The molecule has 0 aliphatic carbocycles. The second-order valence-corrected chi connectivity index (χ2v) is 5.93. The third kappa shape index (κ3) is 3.89.